The van der Waals surface area contributed by atoms with Gasteiger partial charge in [-0.15, -0.1) is 0 Å². The second-order valence-electron chi connectivity index (χ2n) is 10.1. The van der Waals surface area contributed by atoms with Gasteiger partial charge in [-0.3, -0.25) is 0 Å². The summed E-state index contributed by atoms with van der Waals surface area (Å²) in [4.78, 5) is 38.7. The van der Waals surface area contributed by atoms with Crippen LogP contribution in [0.15, 0.2) is 54.6 Å². The fourth-order valence-electron chi connectivity index (χ4n) is 2.77. The average Bonchev–Trinajstić information content (AvgIpc) is 2.80. The predicted molar refractivity (Wildman–Crippen MR) is 146 cm³/mol. The molecule has 0 spiro atoms. The van der Waals surface area contributed by atoms with Crippen LogP contribution in [0.25, 0.3) is 22.8 Å². The van der Waals surface area contributed by atoms with Crippen molar-refractivity contribution in [2.24, 2.45) is 0 Å². The van der Waals surface area contributed by atoms with Gasteiger partial charge in [0.1, 0.15) is 22.5 Å². The predicted octanol–water partition coefficient (Wildman–Crippen LogP) is 6.47. The minimum absolute atomic E-state index is 0. The van der Waals surface area contributed by atoms with Crippen LogP contribution in [-0.2, 0) is 22.5 Å². The number of rotatable bonds is 4. The summed E-state index contributed by atoms with van der Waals surface area (Å²) >= 11 is 0. The van der Waals surface area contributed by atoms with Crippen molar-refractivity contribution in [2.45, 2.75) is 52.6 Å². The zero-order valence-corrected chi connectivity index (χ0v) is 24.7. The van der Waals surface area contributed by atoms with Crippen LogP contribution in [0.3, 0.4) is 0 Å². The standard InChI is InChI=1S/C23H27N5O2.2BF4.Cu.2H2O/c1-22(2,3)27(29)20-14-8-12-18(25-20)16-10-7-11-17(24-16)19-13-9-15-21(26-19)28(30)23(4,5)6;2*2-1(3,4)5;;;/h7-15H,1-6H3;;;;2*1H2/q+2;2*-1;;;/p+1. The summed E-state index contributed by atoms with van der Waals surface area (Å²) in [6, 6.07) is 16.1. The maximum absolute atomic E-state index is 12.5. The summed E-state index contributed by atoms with van der Waals surface area (Å²) in [5, 5.41) is 0. The second-order valence-corrected chi connectivity index (χ2v) is 10.1. The largest absolute Gasteiger partial charge is 0.673 e. The summed E-state index contributed by atoms with van der Waals surface area (Å²) in [6.45, 7) is 11.0. The van der Waals surface area contributed by atoms with E-state index in [1.54, 1.807) is 24.3 Å². The van der Waals surface area contributed by atoms with Gasteiger partial charge < -0.3 is 45.5 Å². The molecule has 0 bridgehead atoms. The van der Waals surface area contributed by atoms with E-state index in [0.717, 1.165) is 9.52 Å². The number of nitrogens with zero attached hydrogens (tertiary/aromatic N) is 5. The van der Waals surface area contributed by atoms with Crippen molar-refractivity contribution in [3.63, 3.8) is 0 Å². The van der Waals surface area contributed by atoms with E-state index in [2.05, 4.69) is 15.0 Å². The Morgan fingerprint density at radius 2 is 0.744 bits per heavy atom. The Labute approximate surface area is 253 Å². The molecule has 5 N–H and O–H groups in total. The topological polar surface area (TPSA) is 143 Å². The number of halogens is 8. The van der Waals surface area contributed by atoms with Gasteiger partial charge in [0.25, 0.3) is 0 Å². The van der Waals surface area contributed by atoms with Crippen LogP contribution in [0.2, 0.25) is 0 Å². The Bertz CT molecular complexity index is 1230. The average molecular weight is 680 g/mol. The van der Waals surface area contributed by atoms with Gasteiger partial charge in [0, 0.05) is 29.2 Å². The van der Waals surface area contributed by atoms with Gasteiger partial charge in [-0.2, -0.15) is 0 Å². The fourth-order valence-corrected chi connectivity index (χ4v) is 2.77. The Morgan fingerprint density at radius 3 is 0.977 bits per heavy atom. The molecule has 0 aliphatic carbocycles. The molecule has 1 radical (unpaired) electrons. The van der Waals surface area contributed by atoms with Crippen molar-refractivity contribution in [3.8, 4) is 22.8 Å². The summed E-state index contributed by atoms with van der Waals surface area (Å²) in [5.74, 6) is 0.666. The summed E-state index contributed by atoms with van der Waals surface area (Å²) < 4.78 is 79.8. The van der Waals surface area contributed by atoms with Crippen LogP contribution in [0.4, 0.5) is 46.2 Å². The number of nitroso groups, excluding NO2 is 2. The molecule has 0 saturated carbocycles. The summed E-state index contributed by atoms with van der Waals surface area (Å²) in [6.07, 6.45) is 0. The van der Waals surface area contributed by atoms with Gasteiger partial charge in [0.05, 0.1) is 0 Å². The van der Waals surface area contributed by atoms with Crippen molar-refractivity contribution in [2.75, 3.05) is 0 Å². The molecule has 9 nitrogen and oxygen atoms in total. The molecule has 0 aliphatic rings. The zero-order valence-electron chi connectivity index (χ0n) is 23.8. The SMILES string of the molecule is CC(C)(C)[N+](=O)c1cccc(-c2cccc(-c3cccc([N+](=O)C(C)(C)C)n3)n2)n1.F[B-](F)(F)F.F[B-](F)(F)F.O.[Cu].[OH3+]. The third kappa shape index (κ3) is 17.4. The smallest absolute Gasteiger partial charge is 0.457 e. The van der Waals surface area contributed by atoms with Gasteiger partial charge >= 0.3 is 26.1 Å². The van der Waals surface area contributed by atoms with E-state index in [1.165, 1.54) is 0 Å². The first-order valence-electron chi connectivity index (χ1n) is 11.6. The summed E-state index contributed by atoms with van der Waals surface area (Å²) in [5.41, 5.74) is 1.24. The van der Waals surface area contributed by atoms with E-state index in [1.807, 2.05) is 71.9 Å². The minimum atomic E-state index is -6.00. The quantitative estimate of drug-likeness (QED) is 0.134. The third-order valence-corrected chi connectivity index (χ3v) is 4.38. The van der Waals surface area contributed by atoms with Crippen molar-refractivity contribution >= 4 is 26.1 Å². The first-order chi connectivity index (χ1) is 18.0. The van der Waals surface area contributed by atoms with Gasteiger partial charge in [-0.05, 0) is 97.4 Å². The summed E-state index contributed by atoms with van der Waals surface area (Å²) in [7, 11) is -12.0. The molecule has 0 atom stereocenters. The van der Waals surface area contributed by atoms with Crippen LogP contribution >= 0.6 is 0 Å². The molecule has 0 amide bonds. The van der Waals surface area contributed by atoms with E-state index < -0.39 is 25.6 Å². The van der Waals surface area contributed by atoms with Crippen LogP contribution in [0.1, 0.15) is 41.5 Å². The number of hydrogen-bond donors (Lipinski definition) is 0. The van der Waals surface area contributed by atoms with E-state index in [-0.39, 0.29) is 28.0 Å². The van der Waals surface area contributed by atoms with E-state index in [0.29, 0.717) is 34.4 Å². The Balaban J connectivity index is -0.00000107. The van der Waals surface area contributed by atoms with Gasteiger partial charge in [0.2, 0.25) is 11.4 Å². The second kappa shape index (κ2) is 17.1. The number of pyridine rings is 3. The molecule has 0 fully saturated rings. The first-order valence-corrected chi connectivity index (χ1v) is 11.6. The fraction of sp³-hybridized carbons (Fsp3) is 0.348. The maximum atomic E-state index is 12.5. The molecule has 3 rings (SSSR count). The Hall–Kier alpha value is -3.34. The van der Waals surface area contributed by atoms with E-state index in [4.69, 9.17) is 0 Å². The molecule has 0 aromatic carbocycles. The Kier molecular flexibility index (Phi) is 17.5. The minimum Gasteiger partial charge on any atom is -0.457 e. The van der Waals surface area contributed by atoms with Gasteiger partial charge in [0.15, 0.2) is 0 Å². The Morgan fingerprint density at radius 1 is 0.535 bits per heavy atom. The maximum Gasteiger partial charge on any atom is 0.673 e. The van der Waals surface area contributed by atoms with Crippen LogP contribution in [-0.4, -0.2) is 55.5 Å². The molecule has 3 aromatic heterocycles. The van der Waals surface area contributed by atoms with Gasteiger partial charge in [-0.25, -0.2) is 4.98 Å². The zero-order chi connectivity index (χ0) is 31.1. The number of hydrogen-bond acceptors (Lipinski definition) is 5. The molecule has 43 heavy (non-hydrogen) atoms. The van der Waals surface area contributed by atoms with Crippen LogP contribution < -0.4 is 0 Å². The normalized spacial score (nSPS) is 11.1. The molecule has 245 valence electrons. The van der Waals surface area contributed by atoms with E-state index >= 15 is 0 Å². The monoisotopic (exact) mass is 679 g/mol. The molecular weight excluding hydrogens is 647 g/mol. The van der Waals surface area contributed by atoms with Crippen molar-refractivity contribution < 1.29 is 72.1 Å². The van der Waals surface area contributed by atoms with Gasteiger partial charge in [-0.1, -0.05) is 15.9 Å². The van der Waals surface area contributed by atoms with Crippen LogP contribution in [0, 0.1) is 9.81 Å². The molecule has 0 aliphatic heterocycles. The molecule has 0 unspecified atom stereocenters. The van der Waals surface area contributed by atoms with E-state index in [9.17, 15) is 44.3 Å². The molecule has 20 heteroatoms. The molecular formula is C23H32B2CuF8N5O4+. The van der Waals surface area contributed by atoms with Crippen molar-refractivity contribution in [1.82, 2.24) is 15.0 Å². The molecule has 3 heterocycles. The number of aromatic nitrogens is 3. The third-order valence-electron chi connectivity index (χ3n) is 4.38. The van der Waals surface area contributed by atoms with Crippen molar-refractivity contribution in [3.05, 3.63) is 64.4 Å². The molecule has 3 aromatic rings. The van der Waals surface area contributed by atoms with Crippen LogP contribution in [0.5, 0.6) is 0 Å². The first kappa shape index (κ1) is 44.1. The van der Waals surface area contributed by atoms with Crippen molar-refractivity contribution in [1.29, 1.82) is 0 Å². The molecule has 0 saturated heterocycles.